The fourth-order valence-corrected chi connectivity index (χ4v) is 6.10. The molecule has 0 saturated carbocycles. The van der Waals surface area contributed by atoms with Gasteiger partial charge in [-0.1, -0.05) is 54.4 Å². The van der Waals surface area contributed by atoms with E-state index < -0.39 is 28.5 Å². The first-order valence-corrected chi connectivity index (χ1v) is 14.8. The van der Waals surface area contributed by atoms with Crippen molar-refractivity contribution in [2.75, 3.05) is 31.1 Å². The van der Waals surface area contributed by atoms with Crippen molar-refractivity contribution in [2.24, 2.45) is 0 Å². The molecule has 0 radical (unpaired) electrons. The number of benzene rings is 3. The molecule has 12 heteroatoms. The minimum atomic E-state index is -4.20. The summed E-state index contributed by atoms with van der Waals surface area (Å²) >= 11 is 12.3. The van der Waals surface area contributed by atoms with Crippen LogP contribution in [0.2, 0.25) is 10.0 Å². The fraction of sp³-hybridized carbons (Fsp3) is 0.286. The summed E-state index contributed by atoms with van der Waals surface area (Å²) in [6, 6.07) is 16.6. The van der Waals surface area contributed by atoms with Crippen LogP contribution in [0.3, 0.4) is 0 Å². The van der Waals surface area contributed by atoms with Crippen LogP contribution in [0.5, 0.6) is 11.5 Å². The second kappa shape index (κ2) is 12.8. The van der Waals surface area contributed by atoms with Gasteiger partial charge in [0.05, 0.1) is 20.6 Å². The average molecular weight is 607 g/mol. The van der Waals surface area contributed by atoms with E-state index in [2.05, 4.69) is 5.32 Å². The van der Waals surface area contributed by atoms with Crippen LogP contribution in [0.4, 0.5) is 5.69 Å². The third kappa shape index (κ3) is 6.46. The smallest absolute Gasteiger partial charge is 0.264 e. The van der Waals surface area contributed by atoms with Crippen molar-refractivity contribution in [3.8, 4) is 11.5 Å². The molecule has 1 aliphatic heterocycles. The first-order chi connectivity index (χ1) is 19.1. The number of halogens is 2. The summed E-state index contributed by atoms with van der Waals surface area (Å²) in [6.07, 6.45) is 0.294. The summed E-state index contributed by atoms with van der Waals surface area (Å²) in [5.41, 5.74) is 0.839. The summed E-state index contributed by atoms with van der Waals surface area (Å²) in [6.45, 7) is 1.88. The fourth-order valence-electron chi connectivity index (χ4n) is 4.36. The number of rotatable bonds is 10. The lowest BCUT2D eigenvalue weighted by Gasteiger charge is -2.33. The van der Waals surface area contributed by atoms with Crippen LogP contribution < -0.4 is 19.1 Å². The Morgan fingerprint density at radius 3 is 2.30 bits per heavy atom. The second-order valence-corrected chi connectivity index (χ2v) is 11.6. The third-order valence-corrected chi connectivity index (χ3v) is 8.92. The SMILES string of the molecule is CC[C@H](C(=O)NC)N(Cc1ccc(Cl)c(Cl)c1)C(=O)CN(c1ccc2c(c1)OCCO2)S(=O)(=O)c1ccccc1. The van der Waals surface area contributed by atoms with Crippen molar-refractivity contribution in [1.82, 2.24) is 10.2 Å². The number of nitrogens with one attached hydrogen (secondary N) is 1. The van der Waals surface area contributed by atoms with Gasteiger partial charge in [-0.2, -0.15) is 0 Å². The van der Waals surface area contributed by atoms with Gasteiger partial charge < -0.3 is 19.7 Å². The van der Waals surface area contributed by atoms with Gasteiger partial charge in [-0.25, -0.2) is 8.42 Å². The average Bonchev–Trinajstić information content (AvgIpc) is 2.97. The lowest BCUT2D eigenvalue weighted by molar-refractivity contribution is -0.140. The number of nitrogens with zero attached hydrogens (tertiary/aromatic N) is 2. The van der Waals surface area contributed by atoms with E-state index in [1.165, 1.54) is 30.1 Å². The highest BCUT2D eigenvalue weighted by atomic mass is 35.5. The number of amides is 2. The van der Waals surface area contributed by atoms with E-state index in [1.54, 1.807) is 55.5 Å². The normalized spacial score (nSPS) is 13.3. The van der Waals surface area contributed by atoms with Crippen molar-refractivity contribution in [3.63, 3.8) is 0 Å². The van der Waals surface area contributed by atoms with E-state index in [-0.39, 0.29) is 23.0 Å². The first kappa shape index (κ1) is 29.5. The number of hydrogen-bond donors (Lipinski definition) is 1. The molecule has 0 aliphatic carbocycles. The highest BCUT2D eigenvalue weighted by molar-refractivity contribution is 7.92. The zero-order valence-electron chi connectivity index (χ0n) is 22.0. The van der Waals surface area contributed by atoms with E-state index in [0.29, 0.717) is 46.7 Å². The van der Waals surface area contributed by atoms with Gasteiger partial charge in [0.1, 0.15) is 25.8 Å². The summed E-state index contributed by atoms with van der Waals surface area (Å²) in [5.74, 6) is -0.122. The molecule has 212 valence electrons. The lowest BCUT2D eigenvalue weighted by Crippen LogP contribution is -2.51. The van der Waals surface area contributed by atoms with Gasteiger partial charge in [0, 0.05) is 19.7 Å². The van der Waals surface area contributed by atoms with Gasteiger partial charge in [0.25, 0.3) is 10.0 Å². The van der Waals surface area contributed by atoms with Gasteiger partial charge in [0.2, 0.25) is 11.8 Å². The van der Waals surface area contributed by atoms with Crippen molar-refractivity contribution < 1.29 is 27.5 Å². The molecular formula is C28H29Cl2N3O6S. The minimum absolute atomic E-state index is 0.00200. The molecule has 0 fully saturated rings. The number of hydrogen-bond acceptors (Lipinski definition) is 6. The number of ether oxygens (including phenoxy) is 2. The predicted octanol–water partition coefficient (Wildman–Crippen LogP) is 4.51. The molecule has 0 spiro atoms. The number of fused-ring (bicyclic) bond motifs is 1. The van der Waals surface area contributed by atoms with Crippen LogP contribution in [-0.4, -0.2) is 58.0 Å². The Kier molecular flexibility index (Phi) is 9.44. The summed E-state index contributed by atoms with van der Waals surface area (Å²) in [4.78, 5) is 28.2. The molecule has 0 saturated heterocycles. The van der Waals surface area contributed by atoms with Crippen LogP contribution in [0, 0.1) is 0 Å². The molecule has 0 bridgehead atoms. The van der Waals surface area contributed by atoms with Crippen LogP contribution in [0.1, 0.15) is 18.9 Å². The highest BCUT2D eigenvalue weighted by Gasteiger charge is 2.34. The minimum Gasteiger partial charge on any atom is -0.486 e. The van der Waals surface area contributed by atoms with Crippen LogP contribution >= 0.6 is 23.2 Å². The van der Waals surface area contributed by atoms with Crippen molar-refractivity contribution in [3.05, 3.63) is 82.3 Å². The topological polar surface area (TPSA) is 105 Å². The zero-order valence-corrected chi connectivity index (χ0v) is 24.3. The molecule has 2 amide bonds. The number of carbonyl (C=O) groups excluding carboxylic acids is 2. The quantitative estimate of drug-likeness (QED) is 0.364. The lowest BCUT2D eigenvalue weighted by atomic mass is 10.1. The van der Waals surface area contributed by atoms with Gasteiger partial charge >= 0.3 is 0 Å². The van der Waals surface area contributed by atoms with Gasteiger partial charge in [0.15, 0.2) is 11.5 Å². The van der Waals surface area contributed by atoms with Crippen LogP contribution in [-0.2, 0) is 26.2 Å². The molecule has 0 unspecified atom stereocenters. The second-order valence-electron chi connectivity index (χ2n) is 8.96. The van der Waals surface area contributed by atoms with Gasteiger partial charge in [-0.05, 0) is 48.4 Å². The molecular weight excluding hydrogens is 577 g/mol. The maximum Gasteiger partial charge on any atom is 0.264 e. The molecule has 0 aromatic heterocycles. The van der Waals surface area contributed by atoms with Crippen molar-refractivity contribution in [1.29, 1.82) is 0 Å². The molecule has 3 aromatic carbocycles. The monoisotopic (exact) mass is 605 g/mol. The van der Waals surface area contributed by atoms with Crippen LogP contribution in [0.15, 0.2) is 71.6 Å². The van der Waals surface area contributed by atoms with E-state index in [9.17, 15) is 18.0 Å². The molecule has 9 nitrogen and oxygen atoms in total. The molecule has 40 heavy (non-hydrogen) atoms. The van der Waals surface area contributed by atoms with Crippen molar-refractivity contribution >= 4 is 50.7 Å². The summed E-state index contributed by atoms with van der Waals surface area (Å²) in [7, 11) is -2.72. The molecule has 3 aromatic rings. The summed E-state index contributed by atoms with van der Waals surface area (Å²) < 4.78 is 40.1. The molecule has 1 aliphatic rings. The Morgan fingerprint density at radius 1 is 0.950 bits per heavy atom. The maximum absolute atomic E-state index is 14.0. The Balaban J connectivity index is 1.76. The Morgan fingerprint density at radius 2 is 1.65 bits per heavy atom. The third-order valence-electron chi connectivity index (χ3n) is 6.39. The predicted molar refractivity (Wildman–Crippen MR) is 154 cm³/mol. The molecule has 1 N–H and O–H groups in total. The first-order valence-electron chi connectivity index (χ1n) is 12.6. The van der Waals surface area contributed by atoms with Crippen LogP contribution in [0.25, 0.3) is 0 Å². The number of likely N-dealkylation sites (N-methyl/N-ethyl adjacent to an activating group) is 1. The van der Waals surface area contributed by atoms with E-state index >= 15 is 0 Å². The van der Waals surface area contributed by atoms with Crippen molar-refractivity contribution in [2.45, 2.75) is 30.8 Å². The number of anilines is 1. The standard InChI is InChI=1S/C28H29Cl2N3O6S/c1-3-24(28(35)31-2)32(17-19-9-11-22(29)23(30)15-19)27(34)18-33(40(36,37)21-7-5-4-6-8-21)20-10-12-25-26(16-20)39-14-13-38-25/h4-12,15-16,24H,3,13-14,17-18H2,1-2H3,(H,31,35)/t24-/m1/s1. The molecule has 1 heterocycles. The molecule has 4 rings (SSSR count). The Bertz CT molecular complexity index is 1490. The number of carbonyl (C=O) groups is 2. The van der Waals surface area contributed by atoms with E-state index in [1.807, 2.05) is 0 Å². The largest absolute Gasteiger partial charge is 0.486 e. The Hall–Kier alpha value is -3.47. The van der Waals surface area contributed by atoms with E-state index in [4.69, 9.17) is 32.7 Å². The Labute approximate surface area is 243 Å². The van der Waals surface area contributed by atoms with E-state index in [0.717, 1.165) is 4.31 Å². The van der Waals surface area contributed by atoms with Gasteiger partial charge in [-0.3, -0.25) is 13.9 Å². The number of sulfonamides is 1. The zero-order chi connectivity index (χ0) is 28.9. The van der Waals surface area contributed by atoms with Gasteiger partial charge in [-0.15, -0.1) is 0 Å². The summed E-state index contributed by atoms with van der Waals surface area (Å²) in [5, 5.41) is 3.23. The maximum atomic E-state index is 14.0. The molecule has 1 atom stereocenters. The highest BCUT2D eigenvalue weighted by Crippen LogP contribution is 2.36.